The molecule has 4 heteroatoms. The van der Waals surface area contributed by atoms with Crippen molar-refractivity contribution in [3.05, 3.63) is 71.8 Å². The van der Waals surface area contributed by atoms with E-state index in [4.69, 9.17) is 4.74 Å². The number of hydrogen-bond acceptors (Lipinski definition) is 4. The highest BCUT2D eigenvalue weighted by atomic mass is 16.6. The highest BCUT2D eigenvalue weighted by Crippen LogP contribution is 2.32. The highest BCUT2D eigenvalue weighted by Gasteiger charge is 2.43. The Hall–Kier alpha value is -2.61. The number of benzene rings is 2. The number of esters is 1. The lowest BCUT2D eigenvalue weighted by Crippen LogP contribution is -2.42. The molecule has 1 saturated heterocycles. The molecular weight excluding hydrogens is 350 g/mol. The number of ether oxygens (including phenoxy) is 1. The van der Waals surface area contributed by atoms with Gasteiger partial charge in [0.1, 0.15) is 0 Å². The SMILES string of the molecule is CC(C)(C#CCN1CCCC1)OC(=O)C(O)(c1ccccc1)c1ccccc1. The van der Waals surface area contributed by atoms with Gasteiger partial charge >= 0.3 is 5.97 Å². The summed E-state index contributed by atoms with van der Waals surface area (Å²) in [6.45, 7) is 6.30. The smallest absolute Gasteiger partial charge is 0.349 e. The first-order chi connectivity index (χ1) is 13.4. The maximum Gasteiger partial charge on any atom is 0.349 e. The summed E-state index contributed by atoms with van der Waals surface area (Å²) >= 11 is 0. The number of hydrogen-bond donors (Lipinski definition) is 1. The first kappa shape index (κ1) is 20.1. The van der Waals surface area contributed by atoms with Gasteiger partial charge in [-0.05, 0) is 50.9 Å². The second-order valence-electron chi connectivity index (χ2n) is 7.63. The topological polar surface area (TPSA) is 49.8 Å². The van der Waals surface area contributed by atoms with Gasteiger partial charge in [0.2, 0.25) is 5.60 Å². The summed E-state index contributed by atoms with van der Waals surface area (Å²) in [5.41, 5.74) is -1.97. The van der Waals surface area contributed by atoms with Crippen molar-refractivity contribution < 1.29 is 14.6 Å². The second-order valence-corrected chi connectivity index (χ2v) is 7.63. The molecule has 1 heterocycles. The molecule has 0 bridgehead atoms. The van der Waals surface area contributed by atoms with Gasteiger partial charge in [-0.25, -0.2) is 4.79 Å². The summed E-state index contributed by atoms with van der Waals surface area (Å²) in [5.74, 6) is 5.44. The summed E-state index contributed by atoms with van der Waals surface area (Å²) in [6.07, 6.45) is 2.42. The van der Waals surface area contributed by atoms with Crippen LogP contribution in [0.2, 0.25) is 0 Å². The van der Waals surface area contributed by atoms with E-state index in [0.717, 1.165) is 13.1 Å². The van der Waals surface area contributed by atoms with Crippen LogP contribution in [0.5, 0.6) is 0 Å². The van der Waals surface area contributed by atoms with Gasteiger partial charge in [0, 0.05) is 0 Å². The van der Waals surface area contributed by atoms with Gasteiger partial charge in [0.05, 0.1) is 6.54 Å². The van der Waals surface area contributed by atoms with E-state index < -0.39 is 17.2 Å². The molecule has 0 radical (unpaired) electrons. The molecule has 146 valence electrons. The third-order valence-electron chi connectivity index (χ3n) is 4.92. The molecule has 28 heavy (non-hydrogen) atoms. The number of aliphatic hydroxyl groups is 1. The van der Waals surface area contributed by atoms with E-state index in [1.807, 2.05) is 12.1 Å². The first-order valence-electron chi connectivity index (χ1n) is 9.71. The Balaban J connectivity index is 1.82. The highest BCUT2D eigenvalue weighted by molar-refractivity contribution is 5.86. The van der Waals surface area contributed by atoms with Crippen LogP contribution in [-0.2, 0) is 15.1 Å². The molecule has 0 aromatic heterocycles. The van der Waals surface area contributed by atoms with Gasteiger partial charge in [-0.2, -0.15) is 0 Å². The van der Waals surface area contributed by atoms with Crippen LogP contribution >= 0.6 is 0 Å². The van der Waals surface area contributed by atoms with Gasteiger partial charge in [0.25, 0.3) is 0 Å². The van der Waals surface area contributed by atoms with E-state index in [2.05, 4.69) is 16.7 Å². The molecule has 0 unspecified atom stereocenters. The van der Waals surface area contributed by atoms with Crippen LogP contribution in [0.25, 0.3) is 0 Å². The van der Waals surface area contributed by atoms with Crippen LogP contribution in [0.15, 0.2) is 60.7 Å². The van der Waals surface area contributed by atoms with Crippen LogP contribution in [0.1, 0.15) is 37.8 Å². The number of carbonyl (C=O) groups excluding carboxylic acids is 1. The summed E-state index contributed by atoms with van der Waals surface area (Å²) < 4.78 is 5.70. The van der Waals surface area contributed by atoms with E-state index in [0.29, 0.717) is 17.7 Å². The Kier molecular flexibility index (Phi) is 6.18. The van der Waals surface area contributed by atoms with Gasteiger partial charge in [0.15, 0.2) is 5.60 Å². The predicted octanol–water partition coefficient (Wildman–Crippen LogP) is 3.34. The van der Waals surface area contributed by atoms with Crippen molar-refractivity contribution in [1.29, 1.82) is 0 Å². The number of carbonyl (C=O) groups is 1. The van der Waals surface area contributed by atoms with E-state index >= 15 is 0 Å². The van der Waals surface area contributed by atoms with Gasteiger partial charge in [-0.1, -0.05) is 72.5 Å². The standard InChI is InChI=1S/C24H27NO3/c1-23(2,16-11-19-25-17-9-10-18-25)28-22(26)24(27,20-12-5-3-6-13-20)21-14-7-4-8-15-21/h3-8,12-15,27H,9-10,17-19H2,1-2H3. The van der Waals surface area contributed by atoms with Crippen molar-refractivity contribution in [1.82, 2.24) is 4.90 Å². The minimum absolute atomic E-state index is 0.465. The molecule has 0 saturated carbocycles. The summed E-state index contributed by atoms with van der Waals surface area (Å²) in [5, 5.41) is 11.5. The molecule has 1 N–H and O–H groups in total. The van der Waals surface area contributed by atoms with Crippen LogP contribution in [0.4, 0.5) is 0 Å². The molecule has 2 aromatic rings. The van der Waals surface area contributed by atoms with Crippen molar-refractivity contribution in [3.8, 4) is 11.8 Å². The molecule has 3 rings (SSSR count). The third kappa shape index (κ3) is 4.62. The number of rotatable bonds is 5. The Bertz CT molecular complexity index is 804. The van der Waals surface area contributed by atoms with Crippen molar-refractivity contribution in [3.63, 3.8) is 0 Å². The normalized spacial score (nSPS) is 15.0. The van der Waals surface area contributed by atoms with Crippen molar-refractivity contribution in [2.75, 3.05) is 19.6 Å². The monoisotopic (exact) mass is 377 g/mol. The fourth-order valence-corrected chi connectivity index (χ4v) is 3.40. The lowest BCUT2D eigenvalue weighted by atomic mass is 9.86. The fourth-order valence-electron chi connectivity index (χ4n) is 3.40. The van der Waals surface area contributed by atoms with E-state index in [1.54, 1.807) is 62.4 Å². The minimum atomic E-state index is -1.89. The largest absolute Gasteiger partial charge is 0.444 e. The Labute approximate surface area is 167 Å². The van der Waals surface area contributed by atoms with Crippen LogP contribution in [0, 0.1) is 11.8 Å². The third-order valence-corrected chi connectivity index (χ3v) is 4.92. The van der Waals surface area contributed by atoms with Crippen molar-refractivity contribution >= 4 is 5.97 Å². The van der Waals surface area contributed by atoms with E-state index in [-0.39, 0.29) is 0 Å². The molecule has 1 aliphatic heterocycles. The number of nitrogens with zero attached hydrogens (tertiary/aromatic N) is 1. The van der Waals surface area contributed by atoms with Crippen LogP contribution in [-0.4, -0.2) is 41.2 Å². The Morgan fingerprint density at radius 1 is 1.00 bits per heavy atom. The maximum absolute atomic E-state index is 13.2. The molecule has 4 nitrogen and oxygen atoms in total. The van der Waals surface area contributed by atoms with Gasteiger partial charge in [-0.3, -0.25) is 4.90 Å². The van der Waals surface area contributed by atoms with E-state index in [1.165, 1.54) is 12.8 Å². The van der Waals surface area contributed by atoms with Crippen LogP contribution < -0.4 is 0 Å². The Morgan fingerprint density at radius 2 is 1.50 bits per heavy atom. The van der Waals surface area contributed by atoms with Gasteiger partial charge < -0.3 is 9.84 Å². The number of likely N-dealkylation sites (tertiary alicyclic amines) is 1. The predicted molar refractivity (Wildman–Crippen MR) is 110 cm³/mol. The van der Waals surface area contributed by atoms with E-state index in [9.17, 15) is 9.90 Å². The lowest BCUT2D eigenvalue weighted by molar-refractivity contribution is -0.170. The summed E-state index contributed by atoms with van der Waals surface area (Å²) in [7, 11) is 0. The zero-order valence-electron chi connectivity index (χ0n) is 16.5. The average molecular weight is 377 g/mol. The van der Waals surface area contributed by atoms with Gasteiger partial charge in [-0.15, -0.1) is 0 Å². The average Bonchev–Trinajstić information content (AvgIpc) is 3.21. The second kappa shape index (κ2) is 8.60. The summed E-state index contributed by atoms with van der Waals surface area (Å²) in [6, 6.07) is 17.7. The summed E-state index contributed by atoms with van der Waals surface area (Å²) in [4.78, 5) is 15.4. The molecule has 0 aliphatic carbocycles. The molecule has 1 aliphatic rings. The minimum Gasteiger partial charge on any atom is -0.444 e. The zero-order chi connectivity index (χ0) is 20.0. The quantitative estimate of drug-likeness (QED) is 0.641. The van der Waals surface area contributed by atoms with Crippen molar-refractivity contribution in [2.45, 2.75) is 37.9 Å². The molecular formula is C24H27NO3. The first-order valence-corrected chi connectivity index (χ1v) is 9.71. The Morgan fingerprint density at radius 3 is 2.00 bits per heavy atom. The fraction of sp³-hybridized carbons (Fsp3) is 0.375. The molecule has 0 spiro atoms. The zero-order valence-corrected chi connectivity index (χ0v) is 16.5. The van der Waals surface area contributed by atoms with Crippen molar-refractivity contribution in [2.24, 2.45) is 0 Å². The molecule has 1 fully saturated rings. The molecule has 0 amide bonds. The molecule has 0 atom stereocenters. The lowest BCUT2D eigenvalue weighted by Gasteiger charge is -2.30. The van der Waals surface area contributed by atoms with Crippen LogP contribution in [0.3, 0.4) is 0 Å². The molecule has 2 aromatic carbocycles. The maximum atomic E-state index is 13.2.